The van der Waals surface area contributed by atoms with Crippen LogP contribution in [0.3, 0.4) is 0 Å². The number of carbonyl (C=O) groups is 1. The Morgan fingerprint density at radius 2 is 2.00 bits per heavy atom. The highest BCUT2D eigenvalue weighted by atomic mass is 32.2. The normalized spacial score (nSPS) is 12.8. The maximum atomic E-state index is 11.8. The fraction of sp³-hybridized carbons (Fsp3) is 0.909. The molecule has 0 aromatic carbocycles. The van der Waals surface area contributed by atoms with Gasteiger partial charge in [0.2, 0.25) is 6.43 Å². The number of unbranched alkanes of at least 4 members (excludes halogenated alkanes) is 2. The molecule has 0 rings (SSSR count). The second kappa shape index (κ2) is 9.87. The number of hydrogen-bond donors (Lipinski definition) is 0. The largest absolute Gasteiger partial charge is 0.465 e. The minimum Gasteiger partial charge on any atom is -0.465 e. The predicted octanol–water partition coefficient (Wildman–Crippen LogP) is 3.50. The number of carbonyl (C=O) groups excluding carboxylic acids is 1. The summed E-state index contributed by atoms with van der Waals surface area (Å²) in [5.41, 5.74) is 0. The summed E-state index contributed by atoms with van der Waals surface area (Å²) in [4.78, 5) is 11.2. The molecule has 0 aliphatic rings. The maximum absolute atomic E-state index is 11.8. The first-order valence-corrected chi connectivity index (χ1v) is 6.69. The van der Waals surface area contributed by atoms with E-state index < -0.39 is 6.43 Å². The van der Waals surface area contributed by atoms with Crippen LogP contribution in [0.25, 0.3) is 0 Å². The van der Waals surface area contributed by atoms with Crippen LogP contribution in [-0.2, 0) is 9.53 Å². The Hall–Kier alpha value is -0.320. The van der Waals surface area contributed by atoms with Crippen LogP contribution in [0.2, 0.25) is 0 Å². The molecule has 5 heteroatoms. The molecule has 16 heavy (non-hydrogen) atoms. The number of hydrogen-bond acceptors (Lipinski definition) is 3. The molecule has 2 nitrogen and oxygen atoms in total. The van der Waals surface area contributed by atoms with Gasteiger partial charge in [-0.05, 0) is 32.4 Å². The second-order valence-electron chi connectivity index (χ2n) is 3.51. The molecular weight excluding hydrogens is 234 g/mol. The zero-order chi connectivity index (χ0) is 12.4. The molecule has 0 aromatic rings. The molecule has 0 aromatic heterocycles. The van der Waals surface area contributed by atoms with Gasteiger partial charge in [-0.15, -0.1) is 11.8 Å². The third-order valence-electron chi connectivity index (χ3n) is 2.05. The minimum atomic E-state index is -2.19. The van der Waals surface area contributed by atoms with Crippen molar-refractivity contribution in [3.05, 3.63) is 0 Å². The Morgan fingerprint density at radius 1 is 1.31 bits per heavy atom. The zero-order valence-corrected chi connectivity index (χ0v) is 10.7. The fourth-order valence-corrected chi connectivity index (χ4v) is 2.09. The molecule has 0 N–H and O–H groups in total. The van der Waals surface area contributed by atoms with Crippen molar-refractivity contribution in [2.75, 3.05) is 12.4 Å². The Kier molecular flexibility index (Phi) is 9.68. The van der Waals surface area contributed by atoms with Crippen molar-refractivity contribution >= 4 is 17.7 Å². The number of rotatable bonds is 9. The molecule has 0 radical (unpaired) electrons. The van der Waals surface area contributed by atoms with E-state index in [2.05, 4.69) is 0 Å². The highest BCUT2D eigenvalue weighted by Gasteiger charge is 2.13. The molecule has 1 unspecified atom stereocenters. The van der Waals surface area contributed by atoms with Crippen LogP contribution in [0.1, 0.15) is 39.5 Å². The molecule has 0 amide bonds. The first-order valence-electron chi connectivity index (χ1n) is 5.64. The van der Waals surface area contributed by atoms with E-state index in [1.54, 1.807) is 6.92 Å². The Morgan fingerprint density at radius 3 is 2.56 bits per heavy atom. The lowest BCUT2D eigenvalue weighted by Crippen LogP contribution is -2.17. The van der Waals surface area contributed by atoms with E-state index >= 15 is 0 Å². The summed E-state index contributed by atoms with van der Waals surface area (Å²) in [6.07, 6.45) is 0.0316. The number of halogens is 2. The average Bonchev–Trinajstić information content (AvgIpc) is 2.22. The highest BCUT2D eigenvalue weighted by Crippen LogP contribution is 2.16. The van der Waals surface area contributed by atoms with Gasteiger partial charge >= 0.3 is 5.97 Å². The molecule has 0 spiro atoms. The van der Waals surface area contributed by atoms with Gasteiger partial charge in [0, 0.05) is 6.42 Å². The number of esters is 1. The van der Waals surface area contributed by atoms with Crippen molar-refractivity contribution in [3.8, 4) is 0 Å². The van der Waals surface area contributed by atoms with Gasteiger partial charge in [0.25, 0.3) is 0 Å². The molecule has 0 bridgehead atoms. The number of thioether (sulfide) groups is 1. The maximum Gasteiger partial charge on any atom is 0.318 e. The van der Waals surface area contributed by atoms with Crippen molar-refractivity contribution in [2.24, 2.45) is 0 Å². The van der Waals surface area contributed by atoms with E-state index in [9.17, 15) is 13.6 Å². The summed E-state index contributed by atoms with van der Waals surface area (Å²) >= 11 is 1.52. The van der Waals surface area contributed by atoms with Crippen LogP contribution < -0.4 is 0 Å². The monoisotopic (exact) mass is 254 g/mol. The van der Waals surface area contributed by atoms with Crippen LogP contribution in [-0.4, -0.2) is 30.0 Å². The first kappa shape index (κ1) is 15.7. The van der Waals surface area contributed by atoms with E-state index in [0.717, 1.165) is 18.6 Å². The van der Waals surface area contributed by atoms with Gasteiger partial charge in [0.15, 0.2) is 0 Å². The molecule has 0 saturated carbocycles. The van der Waals surface area contributed by atoms with Gasteiger partial charge in [0.05, 0.1) is 11.9 Å². The van der Waals surface area contributed by atoms with Crippen LogP contribution in [0.4, 0.5) is 8.78 Å². The molecule has 0 aliphatic carbocycles. The Balaban J connectivity index is 3.34. The lowest BCUT2D eigenvalue weighted by atomic mass is 10.2. The van der Waals surface area contributed by atoms with E-state index in [0.29, 0.717) is 13.0 Å². The fourth-order valence-electron chi connectivity index (χ4n) is 1.17. The second-order valence-corrected chi connectivity index (χ2v) is 4.95. The summed E-state index contributed by atoms with van der Waals surface area (Å²) in [5.74, 6) is 0.628. The van der Waals surface area contributed by atoms with Gasteiger partial charge in [-0.2, -0.15) is 0 Å². The molecular formula is C11H20F2O2S. The molecule has 96 valence electrons. The van der Waals surface area contributed by atoms with E-state index in [-0.39, 0.29) is 17.6 Å². The molecule has 0 fully saturated rings. The number of alkyl halides is 2. The summed E-state index contributed by atoms with van der Waals surface area (Å²) in [6, 6.07) is 0. The smallest absolute Gasteiger partial charge is 0.318 e. The van der Waals surface area contributed by atoms with Crippen molar-refractivity contribution in [2.45, 2.75) is 51.2 Å². The van der Waals surface area contributed by atoms with E-state index in [1.807, 2.05) is 6.92 Å². The SMILES string of the molecule is CCOC(=O)C(C)SCCCCCC(F)F. The molecule has 0 heterocycles. The van der Waals surface area contributed by atoms with Gasteiger partial charge < -0.3 is 4.74 Å². The number of ether oxygens (including phenoxy) is 1. The van der Waals surface area contributed by atoms with Crippen molar-refractivity contribution in [3.63, 3.8) is 0 Å². The Bertz CT molecular complexity index is 189. The lowest BCUT2D eigenvalue weighted by Gasteiger charge is -2.09. The molecule has 0 aliphatic heterocycles. The third kappa shape index (κ3) is 8.95. The quantitative estimate of drug-likeness (QED) is 0.465. The zero-order valence-electron chi connectivity index (χ0n) is 9.88. The summed E-state index contributed by atoms with van der Waals surface area (Å²) in [5, 5.41) is -0.157. The van der Waals surface area contributed by atoms with Gasteiger partial charge in [0.1, 0.15) is 0 Å². The summed E-state index contributed by atoms with van der Waals surface area (Å²) < 4.78 is 28.4. The summed E-state index contributed by atoms with van der Waals surface area (Å²) in [7, 11) is 0. The van der Waals surface area contributed by atoms with Crippen LogP contribution in [0.15, 0.2) is 0 Å². The van der Waals surface area contributed by atoms with Crippen molar-refractivity contribution in [1.29, 1.82) is 0 Å². The van der Waals surface area contributed by atoms with Crippen molar-refractivity contribution in [1.82, 2.24) is 0 Å². The topological polar surface area (TPSA) is 26.3 Å². The van der Waals surface area contributed by atoms with E-state index in [1.165, 1.54) is 11.8 Å². The van der Waals surface area contributed by atoms with Gasteiger partial charge in [-0.1, -0.05) is 6.42 Å². The van der Waals surface area contributed by atoms with Crippen molar-refractivity contribution < 1.29 is 18.3 Å². The summed E-state index contributed by atoms with van der Waals surface area (Å²) in [6.45, 7) is 3.99. The van der Waals surface area contributed by atoms with Crippen LogP contribution in [0.5, 0.6) is 0 Å². The first-order chi connectivity index (χ1) is 7.57. The van der Waals surface area contributed by atoms with Crippen LogP contribution >= 0.6 is 11.8 Å². The van der Waals surface area contributed by atoms with Gasteiger partial charge in [-0.3, -0.25) is 4.79 Å². The Labute approximate surface area is 100 Å². The molecule has 0 saturated heterocycles. The highest BCUT2D eigenvalue weighted by molar-refractivity contribution is 8.00. The van der Waals surface area contributed by atoms with Crippen LogP contribution in [0, 0.1) is 0 Å². The standard InChI is InChI=1S/C11H20F2O2S/c1-3-15-11(14)9(2)16-8-6-4-5-7-10(12)13/h9-10H,3-8H2,1-2H3. The molecule has 1 atom stereocenters. The predicted molar refractivity (Wildman–Crippen MR) is 63.0 cm³/mol. The van der Waals surface area contributed by atoms with E-state index in [4.69, 9.17) is 4.74 Å². The average molecular weight is 254 g/mol. The minimum absolute atomic E-state index is 0.0158. The third-order valence-corrected chi connectivity index (χ3v) is 3.27. The van der Waals surface area contributed by atoms with Gasteiger partial charge in [-0.25, -0.2) is 8.78 Å². The lowest BCUT2D eigenvalue weighted by molar-refractivity contribution is -0.142.